The summed E-state index contributed by atoms with van der Waals surface area (Å²) in [5, 5.41) is 5.59. The van der Waals surface area contributed by atoms with E-state index in [9.17, 15) is 9.18 Å². The molecule has 1 aromatic heterocycles. The first-order valence-electron chi connectivity index (χ1n) is 6.91. The maximum absolute atomic E-state index is 13.9. The number of halogens is 2. The Bertz CT molecular complexity index is 697. The number of nitrogens with one attached hydrogen (secondary N) is 2. The lowest BCUT2D eigenvalue weighted by Crippen LogP contribution is -2.41. The van der Waals surface area contributed by atoms with Crippen LogP contribution in [-0.4, -0.2) is 30.0 Å². The van der Waals surface area contributed by atoms with Gasteiger partial charge in [0.15, 0.2) is 0 Å². The molecule has 0 saturated carbocycles. The van der Waals surface area contributed by atoms with Gasteiger partial charge in [-0.1, -0.05) is 0 Å². The van der Waals surface area contributed by atoms with Crippen molar-refractivity contribution in [1.82, 2.24) is 10.3 Å². The van der Waals surface area contributed by atoms with Gasteiger partial charge in [0.25, 0.3) is 5.91 Å². The van der Waals surface area contributed by atoms with E-state index in [1.165, 1.54) is 18.5 Å². The summed E-state index contributed by atoms with van der Waals surface area (Å²) in [6.07, 6.45) is 2.96. The van der Waals surface area contributed by atoms with E-state index in [1.54, 1.807) is 18.2 Å². The maximum atomic E-state index is 13.9. The fraction of sp³-hybridized carbons (Fsp3) is 0.200. The lowest BCUT2D eigenvalue weighted by Gasteiger charge is -2.14. The van der Waals surface area contributed by atoms with Crippen LogP contribution in [0.1, 0.15) is 10.4 Å². The van der Waals surface area contributed by atoms with Crippen LogP contribution in [-0.2, 0) is 0 Å². The molecule has 1 aromatic carbocycles. The number of benzene rings is 1. The number of rotatable bonds is 6. The molecule has 6 N–H and O–H groups in total. The van der Waals surface area contributed by atoms with Crippen molar-refractivity contribution in [3.8, 4) is 0 Å². The highest BCUT2D eigenvalue weighted by molar-refractivity contribution is 14.1. The van der Waals surface area contributed by atoms with Crippen molar-refractivity contribution in [3.63, 3.8) is 0 Å². The van der Waals surface area contributed by atoms with Crippen LogP contribution in [0.25, 0.3) is 0 Å². The Morgan fingerprint density at radius 3 is 2.83 bits per heavy atom. The van der Waals surface area contributed by atoms with Gasteiger partial charge in [-0.2, -0.15) is 0 Å². The van der Waals surface area contributed by atoms with Crippen molar-refractivity contribution in [3.05, 3.63) is 51.6 Å². The lowest BCUT2D eigenvalue weighted by atomic mass is 10.2. The van der Waals surface area contributed by atoms with Crippen LogP contribution in [0.3, 0.4) is 0 Å². The Hall–Kier alpha value is -1.78. The predicted molar refractivity (Wildman–Crippen MR) is 96.0 cm³/mol. The van der Waals surface area contributed by atoms with E-state index in [-0.39, 0.29) is 30.7 Å². The molecule has 0 bridgehead atoms. The zero-order valence-corrected chi connectivity index (χ0v) is 14.4. The highest BCUT2D eigenvalue weighted by Crippen LogP contribution is 2.23. The molecular weight excluding hydrogens is 412 g/mol. The van der Waals surface area contributed by atoms with E-state index in [4.69, 9.17) is 11.5 Å². The first-order valence-corrected chi connectivity index (χ1v) is 7.99. The number of hydrogen-bond donors (Lipinski definition) is 4. The Kier molecular flexibility index (Phi) is 6.25. The Morgan fingerprint density at radius 1 is 1.35 bits per heavy atom. The number of aromatic nitrogens is 1. The molecular formula is C15H17FIN5O. The summed E-state index contributed by atoms with van der Waals surface area (Å²) >= 11 is 2.02. The molecule has 1 amide bonds. The minimum Gasteiger partial charge on any atom is -0.351 e. The third-order valence-corrected chi connectivity index (χ3v) is 3.76. The zero-order valence-electron chi connectivity index (χ0n) is 12.2. The molecule has 2 rings (SSSR count). The summed E-state index contributed by atoms with van der Waals surface area (Å²) < 4.78 is 14.7. The van der Waals surface area contributed by atoms with Crippen LogP contribution in [0.4, 0.5) is 15.8 Å². The van der Waals surface area contributed by atoms with Gasteiger partial charge in [0.05, 0.1) is 23.1 Å². The van der Waals surface area contributed by atoms with Crippen molar-refractivity contribution >= 4 is 39.9 Å². The first-order chi connectivity index (χ1) is 11.0. The summed E-state index contributed by atoms with van der Waals surface area (Å²) in [6.45, 7) is 0.532. The van der Waals surface area contributed by atoms with Gasteiger partial charge in [0.1, 0.15) is 5.82 Å². The Balaban J connectivity index is 2.18. The SMILES string of the molecule is NC[C@@H](N)CNC(=O)c1ccncc1Nc1ccc(I)cc1F. The van der Waals surface area contributed by atoms with Crippen LogP contribution in [0, 0.1) is 9.39 Å². The summed E-state index contributed by atoms with van der Waals surface area (Å²) in [7, 11) is 0. The van der Waals surface area contributed by atoms with Gasteiger partial charge in [0, 0.05) is 28.9 Å². The molecule has 1 heterocycles. The van der Waals surface area contributed by atoms with Gasteiger partial charge in [0.2, 0.25) is 0 Å². The summed E-state index contributed by atoms with van der Waals surface area (Å²) in [6, 6.07) is 6.01. The molecule has 0 spiro atoms. The highest BCUT2D eigenvalue weighted by atomic mass is 127. The second kappa shape index (κ2) is 8.18. The number of carbonyl (C=O) groups excluding carboxylic acids is 1. The molecule has 0 unspecified atom stereocenters. The van der Waals surface area contributed by atoms with Gasteiger partial charge >= 0.3 is 0 Å². The molecule has 0 aliphatic heterocycles. The normalized spacial score (nSPS) is 11.8. The fourth-order valence-electron chi connectivity index (χ4n) is 1.83. The second-order valence-corrected chi connectivity index (χ2v) is 6.12. The summed E-state index contributed by atoms with van der Waals surface area (Å²) in [4.78, 5) is 16.2. The quantitative estimate of drug-likeness (QED) is 0.522. The Morgan fingerprint density at radius 2 is 2.13 bits per heavy atom. The van der Waals surface area contributed by atoms with Crippen molar-refractivity contribution < 1.29 is 9.18 Å². The van der Waals surface area contributed by atoms with Crippen LogP contribution < -0.4 is 22.1 Å². The molecule has 6 nitrogen and oxygen atoms in total. The standard InChI is InChI=1S/C15H17FIN5O/c16-12-5-9(17)1-2-13(12)22-14-8-20-4-3-11(14)15(23)21-7-10(19)6-18/h1-5,8,10,22H,6-7,18-19H2,(H,21,23)/t10-/m1/s1. The number of hydrogen-bond acceptors (Lipinski definition) is 5. The van der Waals surface area contributed by atoms with Crippen LogP contribution in [0.2, 0.25) is 0 Å². The smallest absolute Gasteiger partial charge is 0.253 e. The van der Waals surface area contributed by atoms with Gasteiger partial charge in [-0.3, -0.25) is 9.78 Å². The first kappa shape index (κ1) is 17.6. The summed E-state index contributed by atoms with van der Waals surface area (Å²) in [5.41, 5.74) is 12.1. The average Bonchev–Trinajstić information content (AvgIpc) is 2.55. The molecule has 2 aromatic rings. The minimum absolute atomic E-state index is 0.259. The van der Waals surface area contributed by atoms with Gasteiger partial charge in [-0.15, -0.1) is 0 Å². The third-order valence-electron chi connectivity index (χ3n) is 3.09. The molecule has 8 heteroatoms. The molecule has 0 aliphatic rings. The predicted octanol–water partition coefficient (Wildman–Crippen LogP) is 1.58. The van der Waals surface area contributed by atoms with Crippen LogP contribution in [0.5, 0.6) is 0 Å². The molecule has 0 aliphatic carbocycles. The molecule has 0 fully saturated rings. The van der Waals surface area contributed by atoms with Gasteiger partial charge in [-0.05, 0) is 46.9 Å². The van der Waals surface area contributed by atoms with Crippen molar-refractivity contribution in [2.75, 3.05) is 18.4 Å². The second-order valence-electron chi connectivity index (χ2n) is 4.88. The monoisotopic (exact) mass is 429 g/mol. The largest absolute Gasteiger partial charge is 0.351 e. The number of carbonyl (C=O) groups is 1. The lowest BCUT2D eigenvalue weighted by molar-refractivity contribution is 0.0952. The molecule has 0 saturated heterocycles. The fourth-order valence-corrected chi connectivity index (χ4v) is 2.28. The molecule has 122 valence electrons. The topological polar surface area (TPSA) is 106 Å². The number of amides is 1. The number of pyridine rings is 1. The van der Waals surface area contributed by atoms with E-state index >= 15 is 0 Å². The minimum atomic E-state index is -0.405. The van der Waals surface area contributed by atoms with Gasteiger partial charge < -0.3 is 22.1 Å². The summed E-state index contributed by atoms with van der Waals surface area (Å²) in [5.74, 6) is -0.734. The van der Waals surface area contributed by atoms with E-state index in [0.29, 0.717) is 11.3 Å². The van der Waals surface area contributed by atoms with E-state index < -0.39 is 5.82 Å². The van der Waals surface area contributed by atoms with Crippen molar-refractivity contribution in [2.24, 2.45) is 11.5 Å². The molecule has 23 heavy (non-hydrogen) atoms. The highest BCUT2D eigenvalue weighted by Gasteiger charge is 2.13. The third kappa shape index (κ3) is 4.85. The zero-order chi connectivity index (χ0) is 16.8. The van der Waals surface area contributed by atoms with Gasteiger partial charge in [-0.25, -0.2) is 4.39 Å². The maximum Gasteiger partial charge on any atom is 0.253 e. The van der Waals surface area contributed by atoms with Crippen molar-refractivity contribution in [2.45, 2.75) is 6.04 Å². The van der Waals surface area contributed by atoms with E-state index in [2.05, 4.69) is 15.6 Å². The average molecular weight is 429 g/mol. The van der Waals surface area contributed by atoms with Crippen molar-refractivity contribution in [1.29, 1.82) is 0 Å². The van der Waals surface area contributed by atoms with E-state index in [0.717, 1.165) is 3.57 Å². The Labute approximate surface area is 147 Å². The number of nitrogens with two attached hydrogens (primary N) is 2. The number of anilines is 2. The van der Waals surface area contributed by atoms with E-state index in [1.807, 2.05) is 22.6 Å². The van der Waals surface area contributed by atoms with Crippen LogP contribution >= 0.6 is 22.6 Å². The number of nitrogens with zero attached hydrogens (tertiary/aromatic N) is 1. The molecule has 0 radical (unpaired) electrons. The molecule has 1 atom stereocenters. The van der Waals surface area contributed by atoms with Crippen LogP contribution in [0.15, 0.2) is 36.7 Å².